The second-order valence-corrected chi connectivity index (χ2v) is 2.43. The Labute approximate surface area is 70.6 Å². The van der Waals surface area contributed by atoms with Crippen LogP contribution in [0.1, 0.15) is 19.3 Å². The molecule has 0 aromatic heterocycles. The first-order chi connectivity index (χ1) is 5.66. The monoisotopic (exact) mass is 177 g/mol. The van der Waals surface area contributed by atoms with Gasteiger partial charge in [0.05, 0.1) is 12.7 Å². The molecule has 0 rings (SSSR count). The smallest absolute Gasteiger partial charge is 0.252 e. The standard InChI is InChI=1S/C7H14O5/c8-4-2-1-3-6(9)5-12-7(10)11/h6,8-9H,1-5H2,(H,10,11)/p-1. The number of aliphatic hydroxyl groups excluding tert-OH is 2. The molecule has 0 aliphatic rings. The summed E-state index contributed by atoms with van der Waals surface area (Å²) in [5.74, 6) is 0. The van der Waals surface area contributed by atoms with Gasteiger partial charge in [-0.3, -0.25) is 0 Å². The Kier molecular flexibility index (Phi) is 6.41. The van der Waals surface area contributed by atoms with E-state index in [1.807, 2.05) is 0 Å². The molecule has 72 valence electrons. The fourth-order valence-corrected chi connectivity index (χ4v) is 0.739. The molecule has 12 heavy (non-hydrogen) atoms. The van der Waals surface area contributed by atoms with Crippen molar-refractivity contribution in [1.82, 2.24) is 0 Å². The van der Waals surface area contributed by atoms with Crippen LogP contribution >= 0.6 is 0 Å². The predicted molar refractivity (Wildman–Crippen MR) is 38.3 cm³/mol. The van der Waals surface area contributed by atoms with Crippen LogP contribution in [-0.2, 0) is 4.74 Å². The van der Waals surface area contributed by atoms with Crippen LogP contribution in [-0.4, -0.2) is 35.7 Å². The average molecular weight is 177 g/mol. The van der Waals surface area contributed by atoms with Crippen molar-refractivity contribution < 1.29 is 24.9 Å². The Bertz CT molecular complexity index is 125. The van der Waals surface area contributed by atoms with E-state index in [1.54, 1.807) is 0 Å². The molecular weight excluding hydrogens is 164 g/mol. The molecule has 2 N–H and O–H groups in total. The number of carbonyl (C=O) groups is 1. The lowest BCUT2D eigenvalue weighted by atomic mass is 10.2. The van der Waals surface area contributed by atoms with Crippen LogP contribution in [0.25, 0.3) is 0 Å². The molecule has 0 heterocycles. The number of unbranched alkanes of at least 4 members (excludes halogenated alkanes) is 1. The van der Waals surface area contributed by atoms with Gasteiger partial charge in [-0.2, -0.15) is 0 Å². The van der Waals surface area contributed by atoms with Crippen LogP contribution in [0.15, 0.2) is 0 Å². The molecule has 0 amide bonds. The molecule has 5 nitrogen and oxygen atoms in total. The number of ether oxygens (including phenoxy) is 1. The van der Waals surface area contributed by atoms with E-state index in [4.69, 9.17) is 10.2 Å². The molecule has 1 atom stereocenters. The van der Waals surface area contributed by atoms with Crippen molar-refractivity contribution >= 4 is 6.16 Å². The third kappa shape index (κ3) is 7.30. The SMILES string of the molecule is O=C([O-])OCC(O)CCCCO. The lowest BCUT2D eigenvalue weighted by Crippen LogP contribution is -2.28. The van der Waals surface area contributed by atoms with Gasteiger partial charge in [-0.05, 0) is 19.3 Å². The maximum Gasteiger partial charge on any atom is 0.252 e. The minimum atomic E-state index is -1.63. The van der Waals surface area contributed by atoms with Crippen molar-refractivity contribution in [2.45, 2.75) is 25.4 Å². The molecule has 5 heteroatoms. The first-order valence-corrected chi connectivity index (χ1v) is 3.79. The lowest BCUT2D eigenvalue weighted by molar-refractivity contribution is -0.284. The fourth-order valence-electron chi connectivity index (χ4n) is 0.739. The van der Waals surface area contributed by atoms with Gasteiger partial charge in [-0.15, -0.1) is 0 Å². The fraction of sp³-hybridized carbons (Fsp3) is 0.857. The summed E-state index contributed by atoms with van der Waals surface area (Å²) in [6.45, 7) is -0.179. The van der Waals surface area contributed by atoms with Gasteiger partial charge >= 0.3 is 0 Å². The first kappa shape index (κ1) is 11.2. The van der Waals surface area contributed by atoms with Gasteiger partial charge in [0.1, 0.15) is 0 Å². The molecule has 0 aromatic rings. The van der Waals surface area contributed by atoms with E-state index >= 15 is 0 Å². The first-order valence-electron chi connectivity index (χ1n) is 3.79. The van der Waals surface area contributed by atoms with E-state index in [9.17, 15) is 9.90 Å². The molecule has 1 unspecified atom stereocenters. The minimum Gasteiger partial charge on any atom is -0.547 e. The van der Waals surface area contributed by atoms with Gasteiger partial charge < -0.3 is 24.9 Å². The van der Waals surface area contributed by atoms with Crippen molar-refractivity contribution in [3.05, 3.63) is 0 Å². The number of hydrogen-bond donors (Lipinski definition) is 2. The normalized spacial score (nSPS) is 12.5. The highest BCUT2D eigenvalue weighted by Crippen LogP contribution is 2.00. The largest absolute Gasteiger partial charge is 0.547 e. The summed E-state index contributed by atoms with van der Waals surface area (Å²) in [5, 5.41) is 27.2. The summed E-state index contributed by atoms with van der Waals surface area (Å²) in [4.78, 5) is 9.75. The number of rotatable bonds is 6. The number of aliphatic hydroxyl groups is 2. The van der Waals surface area contributed by atoms with Gasteiger partial charge in [0.2, 0.25) is 0 Å². The molecule has 0 radical (unpaired) electrons. The average Bonchev–Trinajstić information content (AvgIpc) is 2.01. The molecule has 0 aliphatic carbocycles. The highest BCUT2D eigenvalue weighted by Gasteiger charge is 2.01. The van der Waals surface area contributed by atoms with Crippen LogP contribution < -0.4 is 5.11 Å². The number of carboxylic acid groups (broad SMARTS) is 1. The van der Waals surface area contributed by atoms with E-state index in [0.29, 0.717) is 19.3 Å². The Hall–Kier alpha value is -0.810. The van der Waals surface area contributed by atoms with Crippen LogP contribution in [0.3, 0.4) is 0 Å². The molecule has 0 fully saturated rings. The van der Waals surface area contributed by atoms with E-state index in [0.717, 1.165) is 0 Å². The van der Waals surface area contributed by atoms with Crippen LogP contribution in [0.2, 0.25) is 0 Å². The van der Waals surface area contributed by atoms with Crippen molar-refractivity contribution in [2.24, 2.45) is 0 Å². The highest BCUT2D eigenvalue weighted by molar-refractivity contribution is 5.53. The van der Waals surface area contributed by atoms with Crippen molar-refractivity contribution in [2.75, 3.05) is 13.2 Å². The van der Waals surface area contributed by atoms with E-state index in [2.05, 4.69) is 4.74 Å². The topological polar surface area (TPSA) is 89.8 Å². The second kappa shape index (κ2) is 6.87. The predicted octanol–water partition coefficient (Wildman–Crippen LogP) is -1.13. The van der Waals surface area contributed by atoms with E-state index in [-0.39, 0.29) is 13.2 Å². The molecular formula is C7H13O5-. The Morgan fingerprint density at radius 2 is 2.17 bits per heavy atom. The molecule has 0 saturated heterocycles. The van der Waals surface area contributed by atoms with Gasteiger partial charge in [0.15, 0.2) is 0 Å². The molecule has 0 spiro atoms. The molecule has 0 aliphatic heterocycles. The summed E-state index contributed by atoms with van der Waals surface area (Å²) < 4.78 is 4.03. The summed E-state index contributed by atoms with van der Waals surface area (Å²) in [6, 6.07) is 0. The summed E-state index contributed by atoms with van der Waals surface area (Å²) in [6.07, 6.45) is -0.754. The quantitative estimate of drug-likeness (QED) is 0.396. The van der Waals surface area contributed by atoms with Crippen molar-refractivity contribution in [1.29, 1.82) is 0 Å². The van der Waals surface area contributed by atoms with Gasteiger partial charge in [-0.1, -0.05) is 0 Å². The Morgan fingerprint density at radius 3 is 2.67 bits per heavy atom. The molecule has 0 saturated carbocycles. The van der Waals surface area contributed by atoms with Crippen LogP contribution in [0.4, 0.5) is 4.79 Å². The van der Waals surface area contributed by atoms with Crippen molar-refractivity contribution in [3.63, 3.8) is 0 Å². The zero-order chi connectivity index (χ0) is 9.40. The van der Waals surface area contributed by atoms with E-state index < -0.39 is 12.3 Å². The Balaban J connectivity index is 3.21. The third-order valence-corrected chi connectivity index (χ3v) is 1.34. The lowest BCUT2D eigenvalue weighted by Gasteiger charge is -2.13. The van der Waals surface area contributed by atoms with Gasteiger partial charge in [-0.25, -0.2) is 0 Å². The van der Waals surface area contributed by atoms with Crippen LogP contribution in [0.5, 0.6) is 0 Å². The minimum absolute atomic E-state index is 0.0774. The zero-order valence-electron chi connectivity index (χ0n) is 6.73. The summed E-state index contributed by atoms with van der Waals surface area (Å²) in [7, 11) is 0. The number of hydrogen-bond acceptors (Lipinski definition) is 5. The maximum absolute atomic E-state index is 9.75. The Morgan fingerprint density at radius 1 is 1.50 bits per heavy atom. The van der Waals surface area contributed by atoms with Crippen molar-refractivity contribution in [3.8, 4) is 0 Å². The maximum atomic E-state index is 9.75. The van der Waals surface area contributed by atoms with Gasteiger partial charge in [0.25, 0.3) is 6.16 Å². The third-order valence-electron chi connectivity index (χ3n) is 1.34. The molecule has 0 bridgehead atoms. The van der Waals surface area contributed by atoms with Crippen LogP contribution in [0, 0.1) is 0 Å². The highest BCUT2D eigenvalue weighted by atomic mass is 16.7. The van der Waals surface area contributed by atoms with E-state index in [1.165, 1.54) is 0 Å². The number of carbonyl (C=O) groups excluding carboxylic acids is 1. The summed E-state index contributed by atoms with van der Waals surface area (Å²) >= 11 is 0. The second-order valence-electron chi connectivity index (χ2n) is 2.43. The molecule has 0 aromatic carbocycles. The van der Waals surface area contributed by atoms with Gasteiger partial charge in [0, 0.05) is 6.61 Å². The summed E-state index contributed by atoms with van der Waals surface area (Å²) in [5.41, 5.74) is 0. The zero-order valence-corrected chi connectivity index (χ0v) is 6.73.